The Kier molecular flexibility index (Phi) is 10.5. The number of fused-ring (bicyclic) bond motifs is 1. The topological polar surface area (TPSA) is 87.9 Å². The van der Waals surface area contributed by atoms with Gasteiger partial charge in [0.1, 0.15) is 5.75 Å². The molecule has 30 heavy (non-hydrogen) atoms. The number of benzene rings is 2. The number of carbonyl (C=O) groups is 1. The van der Waals surface area contributed by atoms with Gasteiger partial charge in [0.05, 0.1) is 26.7 Å². The van der Waals surface area contributed by atoms with E-state index in [1.165, 1.54) is 0 Å². The van der Waals surface area contributed by atoms with Crippen LogP contribution in [-0.2, 0) is 20.8 Å². The van der Waals surface area contributed by atoms with Crippen LogP contribution in [0.2, 0.25) is 0 Å². The molecular formula is C23H31NO6. The van der Waals surface area contributed by atoms with Crippen molar-refractivity contribution in [1.82, 2.24) is 0 Å². The summed E-state index contributed by atoms with van der Waals surface area (Å²) in [6, 6.07) is 11.8. The molecule has 0 atom stereocenters. The minimum absolute atomic E-state index is 0.187. The molecule has 0 aromatic heterocycles. The molecule has 0 N–H and O–H groups in total. The number of nitrogens with zero attached hydrogens (tertiary/aromatic N) is 1. The standard InChI is InChI=1S/C23H31NO6/c1-28-22-13-12-20-16-19(10-11-21(20)18-22)17-23(25)29-14-8-6-4-2-3-5-7-9-15-30-24(26)27/h10-13,16,18H,2-9,14-15,17H2,1H3. The zero-order valence-electron chi connectivity index (χ0n) is 17.6. The van der Waals surface area contributed by atoms with Crippen LogP contribution in [-0.4, -0.2) is 31.4 Å². The quantitative estimate of drug-likeness (QED) is 0.170. The summed E-state index contributed by atoms with van der Waals surface area (Å²) in [6.07, 6.45) is 8.29. The van der Waals surface area contributed by atoms with E-state index in [2.05, 4.69) is 4.84 Å². The van der Waals surface area contributed by atoms with E-state index in [-0.39, 0.29) is 19.0 Å². The van der Waals surface area contributed by atoms with Crippen LogP contribution in [0.3, 0.4) is 0 Å². The van der Waals surface area contributed by atoms with Crippen LogP contribution in [0.15, 0.2) is 36.4 Å². The molecule has 0 spiro atoms. The minimum Gasteiger partial charge on any atom is -0.497 e. The number of methoxy groups -OCH3 is 1. The van der Waals surface area contributed by atoms with E-state index < -0.39 is 5.09 Å². The number of hydrogen-bond acceptors (Lipinski definition) is 6. The normalized spacial score (nSPS) is 10.7. The van der Waals surface area contributed by atoms with Crippen molar-refractivity contribution in [3.63, 3.8) is 0 Å². The zero-order valence-corrected chi connectivity index (χ0v) is 17.6. The third-order valence-electron chi connectivity index (χ3n) is 4.96. The van der Waals surface area contributed by atoms with Gasteiger partial charge in [-0.1, -0.05) is 62.8 Å². The number of ether oxygens (including phenoxy) is 2. The smallest absolute Gasteiger partial charge is 0.310 e. The molecule has 0 heterocycles. The zero-order chi connectivity index (χ0) is 21.6. The molecule has 0 bridgehead atoms. The van der Waals surface area contributed by atoms with Crippen LogP contribution >= 0.6 is 0 Å². The third kappa shape index (κ3) is 9.11. The van der Waals surface area contributed by atoms with Crippen molar-refractivity contribution in [3.05, 3.63) is 52.1 Å². The average molecular weight is 418 g/mol. The number of hydrogen-bond donors (Lipinski definition) is 0. The first-order valence-corrected chi connectivity index (χ1v) is 10.6. The lowest BCUT2D eigenvalue weighted by molar-refractivity contribution is -0.757. The van der Waals surface area contributed by atoms with Gasteiger partial charge in [0.15, 0.2) is 0 Å². The number of carbonyl (C=O) groups excluding carboxylic acids is 1. The van der Waals surface area contributed by atoms with E-state index >= 15 is 0 Å². The van der Waals surface area contributed by atoms with Crippen molar-refractivity contribution in [2.24, 2.45) is 0 Å². The molecule has 7 heteroatoms. The largest absolute Gasteiger partial charge is 0.497 e. The molecule has 2 aromatic rings. The number of unbranched alkanes of at least 4 members (excludes halogenated alkanes) is 7. The molecule has 0 unspecified atom stereocenters. The van der Waals surface area contributed by atoms with Crippen molar-refractivity contribution < 1.29 is 24.2 Å². The summed E-state index contributed by atoms with van der Waals surface area (Å²) < 4.78 is 10.6. The molecule has 0 aliphatic carbocycles. The van der Waals surface area contributed by atoms with Crippen molar-refractivity contribution in [2.75, 3.05) is 20.3 Å². The molecule has 0 amide bonds. The van der Waals surface area contributed by atoms with E-state index in [0.29, 0.717) is 6.61 Å². The maximum absolute atomic E-state index is 12.1. The van der Waals surface area contributed by atoms with Gasteiger partial charge in [-0.3, -0.25) is 4.79 Å². The summed E-state index contributed by atoms with van der Waals surface area (Å²) >= 11 is 0. The average Bonchev–Trinajstić information content (AvgIpc) is 2.73. The van der Waals surface area contributed by atoms with Crippen molar-refractivity contribution in [3.8, 4) is 5.75 Å². The predicted octanol–water partition coefficient (Wildman–Crippen LogP) is 5.26. The molecule has 0 fully saturated rings. The summed E-state index contributed by atoms with van der Waals surface area (Å²) in [5.74, 6) is 0.622. The lowest BCUT2D eigenvalue weighted by Crippen LogP contribution is -2.09. The van der Waals surface area contributed by atoms with Crippen LogP contribution in [0.5, 0.6) is 5.75 Å². The Hall–Kier alpha value is -2.83. The fourth-order valence-corrected chi connectivity index (χ4v) is 3.32. The molecule has 0 saturated carbocycles. The fourth-order valence-electron chi connectivity index (χ4n) is 3.32. The van der Waals surface area contributed by atoms with E-state index in [1.54, 1.807) is 7.11 Å². The first kappa shape index (κ1) is 23.4. The summed E-state index contributed by atoms with van der Waals surface area (Å²) in [7, 11) is 1.65. The summed E-state index contributed by atoms with van der Waals surface area (Å²) in [5.41, 5.74) is 0.946. The Bertz CT molecular complexity index is 807. The van der Waals surface area contributed by atoms with Crippen molar-refractivity contribution >= 4 is 16.7 Å². The van der Waals surface area contributed by atoms with Crippen LogP contribution in [0.25, 0.3) is 10.8 Å². The highest BCUT2D eigenvalue weighted by Gasteiger charge is 2.06. The van der Waals surface area contributed by atoms with Gasteiger partial charge in [0, 0.05) is 0 Å². The highest BCUT2D eigenvalue weighted by atomic mass is 16.9. The molecular weight excluding hydrogens is 386 g/mol. The van der Waals surface area contributed by atoms with Gasteiger partial charge in [-0.2, -0.15) is 0 Å². The Labute approximate surface area is 177 Å². The lowest BCUT2D eigenvalue weighted by Gasteiger charge is -2.07. The van der Waals surface area contributed by atoms with Crippen molar-refractivity contribution in [2.45, 2.75) is 57.8 Å². The van der Waals surface area contributed by atoms with E-state index in [9.17, 15) is 14.9 Å². The molecule has 7 nitrogen and oxygen atoms in total. The Morgan fingerprint density at radius 3 is 2.13 bits per heavy atom. The van der Waals surface area contributed by atoms with E-state index in [4.69, 9.17) is 9.47 Å². The van der Waals surface area contributed by atoms with Gasteiger partial charge >= 0.3 is 5.97 Å². The SMILES string of the molecule is COc1ccc2cc(CC(=O)OCCCCCCCCCCO[N+](=O)[O-])ccc2c1. The molecule has 164 valence electrons. The van der Waals surface area contributed by atoms with Gasteiger partial charge in [-0.15, -0.1) is 10.1 Å². The van der Waals surface area contributed by atoms with Crippen LogP contribution in [0.4, 0.5) is 0 Å². The van der Waals surface area contributed by atoms with Gasteiger partial charge in [-0.05, 0) is 41.3 Å². The second kappa shape index (κ2) is 13.4. The first-order valence-electron chi connectivity index (χ1n) is 10.6. The minimum atomic E-state index is -0.744. The van der Waals surface area contributed by atoms with Crippen LogP contribution in [0.1, 0.15) is 56.9 Å². The summed E-state index contributed by atoms with van der Waals surface area (Å²) in [5, 5.41) is 11.4. The molecule has 0 aliphatic rings. The van der Waals surface area contributed by atoms with Crippen LogP contribution < -0.4 is 4.74 Å². The number of esters is 1. The van der Waals surface area contributed by atoms with Crippen molar-refractivity contribution in [1.29, 1.82) is 0 Å². The highest BCUT2D eigenvalue weighted by molar-refractivity contribution is 5.85. The molecule has 2 rings (SSSR count). The van der Waals surface area contributed by atoms with E-state index in [1.807, 2.05) is 36.4 Å². The third-order valence-corrected chi connectivity index (χ3v) is 4.96. The summed E-state index contributed by atoms with van der Waals surface area (Å²) in [4.78, 5) is 26.3. The molecule has 2 aromatic carbocycles. The van der Waals surface area contributed by atoms with Crippen LogP contribution in [0, 0.1) is 10.1 Å². The Balaban J connectivity index is 1.51. The highest BCUT2D eigenvalue weighted by Crippen LogP contribution is 2.22. The molecule has 0 aliphatic heterocycles. The first-order chi connectivity index (χ1) is 14.6. The molecule has 0 saturated heterocycles. The van der Waals surface area contributed by atoms with Gasteiger partial charge in [0.2, 0.25) is 0 Å². The fraction of sp³-hybridized carbons (Fsp3) is 0.522. The molecule has 0 radical (unpaired) electrons. The Morgan fingerprint density at radius 1 is 0.867 bits per heavy atom. The second-order valence-electron chi connectivity index (χ2n) is 7.33. The second-order valence-corrected chi connectivity index (χ2v) is 7.33. The monoisotopic (exact) mass is 417 g/mol. The predicted molar refractivity (Wildman–Crippen MR) is 115 cm³/mol. The maximum atomic E-state index is 12.1. The summed E-state index contributed by atoms with van der Waals surface area (Å²) in [6.45, 7) is 0.647. The van der Waals surface area contributed by atoms with Gasteiger partial charge < -0.3 is 14.3 Å². The lowest BCUT2D eigenvalue weighted by atomic mass is 10.0. The van der Waals surface area contributed by atoms with Gasteiger partial charge in [0.25, 0.3) is 5.09 Å². The maximum Gasteiger partial charge on any atom is 0.310 e. The van der Waals surface area contributed by atoms with E-state index in [0.717, 1.165) is 73.5 Å². The van der Waals surface area contributed by atoms with Gasteiger partial charge in [-0.25, -0.2) is 0 Å². The Morgan fingerprint density at radius 2 is 1.47 bits per heavy atom. The number of rotatable bonds is 15.